The fourth-order valence-electron chi connectivity index (χ4n) is 2.97. The van der Waals surface area contributed by atoms with E-state index in [1.165, 1.54) is 11.1 Å². The molecule has 1 aliphatic rings. The van der Waals surface area contributed by atoms with Crippen LogP contribution in [-0.2, 0) is 4.74 Å². The minimum absolute atomic E-state index is 0.397. The maximum atomic E-state index is 5.62. The Bertz CT molecular complexity index is 844. The van der Waals surface area contributed by atoms with Crippen molar-refractivity contribution in [1.29, 1.82) is 0 Å². The first-order chi connectivity index (χ1) is 11.9. The molecule has 4 rings (SSSR count). The number of rotatable bonds is 3. The van der Waals surface area contributed by atoms with Crippen LogP contribution in [0.1, 0.15) is 5.56 Å². The standard InChI is InChI=1S/C21H18N2O/c1-3-9-17(10-4-1)19-13-7-8-14-20(19)23-16-24-15-22-21(23)18-11-5-2-6-12-18/h1-14H,15-16H2. The van der Waals surface area contributed by atoms with E-state index >= 15 is 0 Å². The van der Waals surface area contributed by atoms with E-state index in [1.54, 1.807) is 0 Å². The van der Waals surface area contributed by atoms with Crippen molar-refractivity contribution < 1.29 is 4.74 Å². The van der Waals surface area contributed by atoms with Crippen molar-refractivity contribution in [3.63, 3.8) is 0 Å². The third-order valence-electron chi connectivity index (χ3n) is 4.09. The van der Waals surface area contributed by atoms with Gasteiger partial charge in [-0.15, -0.1) is 0 Å². The summed E-state index contributed by atoms with van der Waals surface area (Å²) in [6, 6.07) is 29.1. The summed E-state index contributed by atoms with van der Waals surface area (Å²) in [5.74, 6) is 0.949. The van der Waals surface area contributed by atoms with Gasteiger partial charge in [0.05, 0.1) is 5.69 Å². The van der Waals surface area contributed by atoms with Gasteiger partial charge in [-0.1, -0.05) is 78.9 Å². The second kappa shape index (κ2) is 6.69. The summed E-state index contributed by atoms with van der Waals surface area (Å²) in [6.07, 6.45) is 0. The molecule has 0 aliphatic carbocycles. The van der Waals surface area contributed by atoms with Crippen LogP contribution in [0.5, 0.6) is 0 Å². The van der Waals surface area contributed by atoms with Crippen LogP contribution in [0.4, 0.5) is 5.69 Å². The van der Waals surface area contributed by atoms with Crippen LogP contribution < -0.4 is 4.90 Å². The molecule has 118 valence electrons. The Hall–Kier alpha value is -2.91. The van der Waals surface area contributed by atoms with Gasteiger partial charge in [0, 0.05) is 11.1 Å². The Morgan fingerprint density at radius 2 is 1.33 bits per heavy atom. The zero-order valence-electron chi connectivity index (χ0n) is 13.3. The van der Waals surface area contributed by atoms with Crippen molar-refractivity contribution in [3.8, 4) is 11.1 Å². The fourth-order valence-corrected chi connectivity index (χ4v) is 2.97. The Labute approximate surface area is 141 Å². The zero-order chi connectivity index (χ0) is 16.2. The van der Waals surface area contributed by atoms with Crippen LogP contribution in [0.15, 0.2) is 89.9 Å². The second-order valence-corrected chi connectivity index (χ2v) is 5.62. The molecule has 0 saturated heterocycles. The number of hydrogen-bond donors (Lipinski definition) is 0. The molecular formula is C21H18N2O. The number of hydrogen-bond acceptors (Lipinski definition) is 3. The monoisotopic (exact) mass is 314 g/mol. The van der Waals surface area contributed by atoms with Gasteiger partial charge in [-0.25, -0.2) is 4.99 Å². The lowest BCUT2D eigenvalue weighted by Crippen LogP contribution is -2.38. The lowest BCUT2D eigenvalue weighted by atomic mass is 10.0. The third kappa shape index (κ3) is 2.82. The van der Waals surface area contributed by atoms with Gasteiger partial charge in [0.15, 0.2) is 0 Å². The van der Waals surface area contributed by atoms with Crippen LogP contribution in [0.2, 0.25) is 0 Å². The summed E-state index contributed by atoms with van der Waals surface area (Å²) in [7, 11) is 0. The summed E-state index contributed by atoms with van der Waals surface area (Å²) in [6.45, 7) is 0.895. The van der Waals surface area contributed by atoms with Crippen molar-refractivity contribution in [2.75, 3.05) is 18.4 Å². The number of anilines is 1. The highest BCUT2D eigenvalue weighted by Gasteiger charge is 2.21. The number of amidine groups is 1. The number of benzene rings is 3. The van der Waals surface area contributed by atoms with E-state index in [-0.39, 0.29) is 0 Å². The smallest absolute Gasteiger partial charge is 0.142 e. The predicted octanol–water partition coefficient (Wildman–Crippen LogP) is 4.55. The van der Waals surface area contributed by atoms with Crippen LogP contribution in [0.25, 0.3) is 11.1 Å². The lowest BCUT2D eigenvalue weighted by molar-refractivity contribution is 0.141. The quantitative estimate of drug-likeness (QED) is 0.708. The lowest BCUT2D eigenvalue weighted by Gasteiger charge is -2.31. The average molecular weight is 314 g/mol. The van der Waals surface area contributed by atoms with Gasteiger partial charge < -0.3 is 9.64 Å². The van der Waals surface area contributed by atoms with E-state index in [1.807, 2.05) is 24.3 Å². The highest BCUT2D eigenvalue weighted by Crippen LogP contribution is 2.32. The Balaban J connectivity index is 1.81. The highest BCUT2D eigenvalue weighted by molar-refractivity contribution is 6.11. The first-order valence-corrected chi connectivity index (χ1v) is 8.03. The van der Waals surface area contributed by atoms with Gasteiger partial charge in [-0.2, -0.15) is 0 Å². The molecule has 1 aliphatic heterocycles. The molecule has 0 amide bonds. The normalized spacial score (nSPS) is 14.3. The van der Waals surface area contributed by atoms with Gasteiger partial charge in [0.25, 0.3) is 0 Å². The van der Waals surface area contributed by atoms with E-state index in [0.717, 1.165) is 17.1 Å². The number of para-hydroxylation sites is 1. The molecule has 0 radical (unpaired) electrons. The molecule has 1 heterocycles. The van der Waals surface area contributed by atoms with Crippen molar-refractivity contribution >= 4 is 11.5 Å². The van der Waals surface area contributed by atoms with E-state index in [9.17, 15) is 0 Å². The van der Waals surface area contributed by atoms with Gasteiger partial charge in [0.1, 0.15) is 19.3 Å². The Morgan fingerprint density at radius 3 is 2.08 bits per heavy atom. The predicted molar refractivity (Wildman–Crippen MR) is 98.2 cm³/mol. The van der Waals surface area contributed by atoms with E-state index in [2.05, 4.69) is 70.6 Å². The highest BCUT2D eigenvalue weighted by atomic mass is 16.5. The summed E-state index contributed by atoms with van der Waals surface area (Å²) >= 11 is 0. The molecular weight excluding hydrogens is 296 g/mol. The molecule has 3 nitrogen and oxygen atoms in total. The molecule has 0 aromatic heterocycles. The molecule has 0 N–H and O–H groups in total. The van der Waals surface area contributed by atoms with Crippen LogP contribution in [0, 0.1) is 0 Å². The molecule has 3 aromatic carbocycles. The summed E-state index contributed by atoms with van der Waals surface area (Å²) in [5, 5.41) is 0. The Kier molecular flexibility index (Phi) is 4.09. The zero-order valence-corrected chi connectivity index (χ0v) is 13.3. The van der Waals surface area contributed by atoms with Crippen molar-refractivity contribution in [2.45, 2.75) is 0 Å². The second-order valence-electron chi connectivity index (χ2n) is 5.62. The van der Waals surface area contributed by atoms with Crippen LogP contribution in [-0.4, -0.2) is 19.3 Å². The van der Waals surface area contributed by atoms with Gasteiger partial charge in [-0.3, -0.25) is 0 Å². The van der Waals surface area contributed by atoms with Crippen molar-refractivity contribution in [3.05, 3.63) is 90.5 Å². The largest absolute Gasteiger partial charge is 0.339 e. The van der Waals surface area contributed by atoms with Crippen molar-refractivity contribution in [1.82, 2.24) is 0 Å². The first kappa shape index (κ1) is 14.7. The molecule has 0 bridgehead atoms. The van der Waals surface area contributed by atoms with E-state index < -0.39 is 0 Å². The summed E-state index contributed by atoms with van der Waals surface area (Å²) in [4.78, 5) is 6.75. The van der Waals surface area contributed by atoms with Gasteiger partial charge in [0.2, 0.25) is 0 Å². The maximum absolute atomic E-state index is 5.62. The number of aliphatic imine (C=N–C) groups is 1. The third-order valence-corrected chi connectivity index (χ3v) is 4.09. The molecule has 3 heteroatoms. The van der Waals surface area contributed by atoms with Crippen LogP contribution in [0.3, 0.4) is 0 Å². The van der Waals surface area contributed by atoms with Gasteiger partial charge >= 0.3 is 0 Å². The molecule has 0 spiro atoms. The molecule has 3 aromatic rings. The molecule has 24 heavy (non-hydrogen) atoms. The van der Waals surface area contributed by atoms with Crippen LogP contribution >= 0.6 is 0 Å². The molecule has 0 saturated carbocycles. The molecule has 0 fully saturated rings. The topological polar surface area (TPSA) is 24.8 Å². The minimum Gasteiger partial charge on any atom is -0.339 e. The maximum Gasteiger partial charge on any atom is 0.142 e. The SMILES string of the molecule is c1ccc(C2=NCOCN2c2ccccc2-c2ccccc2)cc1. The summed E-state index contributed by atoms with van der Waals surface area (Å²) in [5.41, 5.74) is 4.56. The minimum atomic E-state index is 0.397. The summed E-state index contributed by atoms with van der Waals surface area (Å²) < 4.78 is 5.62. The number of nitrogens with zero attached hydrogens (tertiary/aromatic N) is 2. The molecule has 0 unspecified atom stereocenters. The fraction of sp³-hybridized carbons (Fsp3) is 0.0952. The average Bonchev–Trinajstić information content (AvgIpc) is 2.69. The first-order valence-electron chi connectivity index (χ1n) is 8.03. The van der Waals surface area contributed by atoms with Crippen molar-refractivity contribution in [2.24, 2.45) is 4.99 Å². The number of ether oxygens (including phenoxy) is 1. The van der Waals surface area contributed by atoms with Gasteiger partial charge in [-0.05, 0) is 11.6 Å². The van der Waals surface area contributed by atoms with E-state index in [4.69, 9.17) is 4.74 Å². The Morgan fingerprint density at radius 1 is 0.708 bits per heavy atom. The molecule has 0 atom stereocenters. The van der Waals surface area contributed by atoms with E-state index in [0.29, 0.717) is 13.5 Å².